The van der Waals surface area contributed by atoms with E-state index >= 15 is 0 Å². The number of pyridine rings is 1. The topological polar surface area (TPSA) is 77.6 Å². The number of amides is 2. The van der Waals surface area contributed by atoms with Gasteiger partial charge in [0.25, 0.3) is 0 Å². The number of hydrazine groups is 1. The Morgan fingerprint density at radius 2 is 1.67 bits per heavy atom. The van der Waals surface area contributed by atoms with E-state index < -0.39 is 0 Å². The summed E-state index contributed by atoms with van der Waals surface area (Å²) in [5, 5.41) is 0. The Morgan fingerprint density at radius 1 is 0.963 bits per heavy atom. The molecule has 4 rings (SSSR count). The molecular weight excluding hydrogens is 342 g/mol. The highest BCUT2D eigenvalue weighted by atomic mass is 16.2. The van der Waals surface area contributed by atoms with Crippen molar-refractivity contribution in [2.45, 2.75) is 50.6 Å². The Bertz CT molecular complexity index is 654. The first kappa shape index (κ1) is 18.4. The summed E-state index contributed by atoms with van der Waals surface area (Å²) in [5.74, 6) is 0.639. The number of nitrogens with one attached hydrogen (secondary N) is 2. The highest BCUT2D eigenvalue weighted by Crippen LogP contribution is 2.26. The van der Waals surface area contributed by atoms with Crippen LogP contribution >= 0.6 is 0 Å². The Morgan fingerprint density at radius 3 is 2.33 bits per heavy atom. The van der Waals surface area contributed by atoms with Gasteiger partial charge in [0.2, 0.25) is 11.8 Å². The van der Waals surface area contributed by atoms with E-state index in [4.69, 9.17) is 0 Å². The Labute approximate surface area is 160 Å². The van der Waals surface area contributed by atoms with Gasteiger partial charge in [-0.3, -0.25) is 14.6 Å². The van der Waals surface area contributed by atoms with E-state index in [-0.39, 0.29) is 23.9 Å². The molecule has 2 unspecified atom stereocenters. The number of rotatable bonds is 3. The molecule has 2 N–H and O–H groups in total. The van der Waals surface area contributed by atoms with Gasteiger partial charge in [0.15, 0.2) is 0 Å². The second-order valence-corrected chi connectivity index (χ2v) is 7.90. The summed E-state index contributed by atoms with van der Waals surface area (Å²) in [4.78, 5) is 33.6. The van der Waals surface area contributed by atoms with Crippen LogP contribution in [-0.4, -0.2) is 58.8 Å². The average molecular weight is 371 g/mol. The lowest BCUT2D eigenvalue weighted by Gasteiger charge is -2.38. The minimum Gasteiger partial charge on any atom is -0.339 e. The third-order valence-electron chi connectivity index (χ3n) is 6.15. The van der Waals surface area contributed by atoms with E-state index in [1.807, 2.05) is 28.1 Å². The zero-order valence-corrected chi connectivity index (χ0v) is 15.8. The zero-order chi connectivity index (χ0) is 18.6. The van der Waals surface area contributed by atoms with Crippen molar-refractivity contribution in [1.82, 2.24) is 25.6 Å². The molecule has 0 spiro atoms. The predicted molar refractivity (Wildman–Crippen MR) is 101 cm³/mol. The van der Waals surface area contributed by atoms with E-state index in [0.717, 1.165) is 18.4 Å². The number of hydrogen-bond donors (Lipinski definition) is 2. The van der Waals surface area contributed by atoms with E-state index in [0.29, 0.717) is 38.5 Å². The van der Waals surface area contributed by atoms with Crippen LogP contribution in [0.5, 0.6) is 0 Å². The van der Waals surface area contributed by atoms with Crippen LogP contribution in [0, 0.1) is 5.92 Å². The minimum absolute atomic E-state index is 0.0989. The third-order valence-corrected chi connectivity index (χ3v) is 6.15. The molecule has 3 heterocycles. The molecule has 3 aliphatic rings. The van der Waals surface area contributed by atoms with Crippen molar-refractivity contribution in [3.8, 4) is 0 Å². The van der Waals surface area contributed by atoms with Gasteiger partial charge in [0.05, 0.1) is 0 Å². The van der Waals surface area contributed by atoms with Gasteiger partial charge in [-0.15, -0.1) is 0 Å². The first-order valence-electron chi connectivity index (χ1n) is 10.2. The molecule has 2 atom stereocenters. The summed E-state index contributed by atoms with van der Waals surface area (Å²) in [6.45, 7) is 2.58. The van der Waals surface area contributed by atoms with E-state index in [1.54, 1.807) is 6.20 Å². The first-order valence-corrected chi connectivity index (χ1v) is 10.2. The first-order chi connectivity index (χ1) is 13.2. The third kappa shape index (κ3) is 4.14. The van der Waals surface area contributed by atoms with Gasteiger partial charge in [-0.25, -0.2) is 10.9 Å². The highest BCUT2D eigenvalue weighted by molar-refractivity contribution is 5.83. The van der Waals surface area contributed by atoms with Crippen molar-refractivity contribution in [2.75, 3.05) is 26.2 Å². The van der Waals surface area contributed by atoms with Crippen molar-refractivity contribution in [2.24, 2.45) is 5.92 Å². The number of carbonyl (C=O) groups is 2. The quantitative estimate of drug-likeness (QED) is 0.836. The monoisotopic (exact) mass is 371 g/mol. The second-order valence-electron chi connectivity index (χ2n) is 7.90. The van der Waals surface area contributed by atoms with Gasteiger partial charge in [0, 0.05) is 50.5 Å². The number of piperazine rings is 1. The van der Waals surface area contributed by atoms with Crippen molar-refractivity contribution in [3.63, 3.8) is 0 Å². The van der Waals surface area contributed by atoms with Gasteiger partial charge < -0.3 is 9.80 Å². The summed E-state index contributed by atoms with van der Waals surface area (Å²) >= 11 is 0. The van der Waals surface area contributed by atoms with E-state index in [2.05, 4.69) is 15.8 Å². The molecule has 0 aromatic carbocycles. The number of nitrogens with zero attached hydrogens (tertiary/aromatic N) is 3. The molecule has 2 saturated heterocycles. The van der Waals surface area contributed by atoms with Gasteiger partial charge in [0.1, 0.15) is 6.04 Å². The smallest absolute Gasteiger partial charge is 0.241 e. The van der Waals surface area contributed by atoms with Crippen LogP contribution in [0.25, 0.3) is 0 Å². The van der Waals surface area contributed by atoms with Crippen LogP contribution < -0.4 is 10.9 Å². The Hall–Kier alpha value is -1.99. The van der Waals surface area contributed by atoms with Crippen LogP contribution in [0.4, 0.5) is 0 Å². The summed E-state index contributed by atoms with van der Waals surface area (Å²) in [5.41, 5.74) is 7.44. The fourth-order valence-corrected chi connectivity index (χ4v) is 4.49. The number of carbonyl (C=O) groups excluding carboxylic acids is 2. The van der Waals surface area contributed by atoms with Crippen LogP contribution in [0.15, 0.2) is 24.5 Å². The molecule has 7 heteroatoms. The fraction of sp³-hybridized carbons (Fsp3) is 0.650. The maximum absolute atomic E-state index is 12.9. The molecule has 3 fully saturated rings. The van der Waals surface area contributed by atoms with Gasteiger partial charge in [-0.2, -0.15) is 0 Å². The van der Waals surface area contributed by atoms with Gasteiger partial charge in [-0.05, 0) is 30.9 Å². The normalized spacial score (nSPS) is 27.0. The van der Waals surface area contributed by atoms with Gasteiger partial charge in [-0.1, -0.05) is 25.3 Å². The molecule has 2 amide bonds. The second kappa shape index (κ2) is 8.35. The van der Waals surface area contributed by atoms with Crippen molar-refractivity contribution in [1.29, 1.82) is 0 Å². The molecule has 1 aliphatic carbocycles. The summed E-state index contributed by atoms with van der Waals surface area (Å²) < 4.78 is 0. The van der Waals surface area contributed by atoms with E-state index in [1.165, 1.54) is 19.3 Å². The Kier molecular flexibility index (Phi) is 5.69. The molecule has 1 aromatic rings. The summed E-state index contributed by atoms with van der Waals surface area (Å²) in [6, 6.07) is 3.81. The van der Waals surface area contributed by atoms with Crippen LogP contribution in [0.2, 0.25) is 0 Å². The SMILES string of the molecule is O=C(C1CCCCC1)N1CCN(C(=O)C2CC(c3cccnc3)NN2)CC1. The molecule has 146 valence electrons. The maximum atomic E-state index is 12.9. The largest absolute Gasteiger partial charge is 0.339 e. The lowest BCUT2D eigenvalue weighted by Crippen LogP contribution is -2.55. The van der Waals surface area contributed by atoms with Crippen molar-refractivity contribution < 1.29 is 9.59 Å². The van der Waals surface area contributed by atoms with Gasteiger partial charge >= 0.3 is 0 Å². The highest BCUT2D eigenvalue weighted by Gasteiger charge is 2.35. The van der Waals surface area contributed by atoms with Crippen molar-refractivity contribution in [3.05, 3.63) is 30.1 Å². The lowest BCUT2D eigenvalue weighted by molar-refractivity contribution is -0.143. The zero-order valence-electron chi connectivity index (χ0n) is 15.8. The standard InChI is InChI=1S/C20H29N5O2/c26-19(15-5-2-1-3-6-15)24-9-11-25(12-10-24)20(27)18-13-17(22-23-18)16-7-4-8-21-14-16/h4,7-8,14-15,17-18,22-23H,1-3,5-6,9-13H2. The average Bonchev–Trinajstić information content (AvgIpc) is 3.24. The number of aromatic nitrogens is 1. The molecule has 1 saturated carbocycles. The van der Waals surface area contributed by atoms with Crippen LogP contribution in [0.3, 0.4) is 0 Å². The molecule has 7 nitrogen and oxygen atoms in total. The predicted octanol–water partition coefficient (Wildman–Crippen LogP) is 1.24. The number of hydrogen-bond acceptors (Lipinski definition) is 5. The summed E-state index contributed by atoms with van der Waals surface area (Å²) in [7, 11) is 0. The Balaban J connectivity index is 1.27. The van der Waals surface area contributed by atoms with Crippen LogP contribution in [0.1, 0.15) is 50.1 Å². The van der Waals surface area contributed by atoms with Crippen molar-refractivity contribution >= 4 is 11.8 Å². The van der Waals surface area contributed by atoms with E-state index in [9.17, 15) is 9.59 Å². The molecular formula is C20H29N5O2. The van der Waals surface area contributed by atoms with Crippen LogP contribution in [-0.2, 0) is 9.59 Å². The fourth-order valence-electron chi connectivity index (χ4n) is 4.49. The summed E-state index contributed by atoms with van der Waals surface area (Å²) in [6.07, 6.45) is 9.97. The maximum Gasteiger partial charge on any atom is 0.241 e. The molecule has 0 bridgehead atoms. The lowest BCUT2D eigenvalue weighted by atomic mass is 9.88. The molecule has 0 radical (unpaired) electrons. The molecule has 27 heavy (non-hydrogen) atoms. The molecule has 2 aliphatic heterocycles. The minimum atomic E-state index is -0.226. The molecule has 1 aromatic heterocycles.